The zero-order valence-corrected chi connectivity index (χ0v) is 13.8. The van der Waals surface area contributed by atoms with Crippen LogP contribution in [0.15, 0.2) is 56.5 Å². The summed E-state index contributed by atoms with van der Waals surface area (Å²) in [6.07, 6.45) is 1.70. The van der Waals surface area contributed by atoms with Gasteiger partial charge in [-0.15, -0.1) is 10.2 Å². The van der Waals surface area contributed by atoms with Crippen LogP contribution in [-0.2, 0) is 5.75 Å². The minimum Gasteiger partial charge on any atom is -0.420 e. The van der Waals surface area contributed by atoms with Crippen molar-refractivity contribution in [3.63, 3.8) is 0 Å². The van der Waals surface area contributed by atoms with Crippen LogP contribution in [0.5, 0.6) is 0 Å². The first-order chi connectivity index (χ1) is 10.2. The van der Waals surface area contributed by atoms with Crippen molar-refractivity contribution in [2.24, 2.45) is 0 Å². The van der Waals surface area contributed by atoms with E-state index in [4.69, 9.17) is 16.0 Å². The number of pyridine rings is 1. The van der Waals surface area contributed by atoms with Crippen molar-refractivity contribution >= 4 is 39.3 Å². The highest BCUT2D eigenvalue weighted by Crippen LogP contribution is 2.28. The largest absolute Gasteiger partial charge is 0.420 e. The van der Waals surface area contributed by atoms with E-state index in [2.05, 4.69) is 31.1 Å². The predicted molar refractivity (Wildman–Crippen MR) is 86.2 cm³/mol. The van der Waals surface area contributed by atoms with Crippen LogP contribution in [0.25, 0.3) is 11.5 Å². The molecule has 0 aliphatic heterocycles. The summed E-state index contributed by atoms with van der Waals surface area (Å²) >= 11 is 10.9. The first-order valence-corrected chi connectivity index (χ1v) is 8.19. The van der Waals surface area contributed by atoms with E-state index in [0.29, 0.717) is 22.6 Å². The van der Waals surface area contributed by atoms with Crippen LogP contribution in [0.1, 0.15) is 5.89 Å². The number of nitrogens with zero attached hydrogens (tertiary/aromatic N) is 3. The summed E-state index contributed by atoms with van der Waals surface area (Å²) in [5, 5.41) is 9.46. The van der Waals surface area contributed by atoms with E-state index in [-0.39, 0.29) is 0 Å². The summed E-state index contributed by atoms with van der Waals surface area (Å²) < 4.78 is 6.65. The fraction of sp³-hybridized carbons (Fsp3) is 0.0714. The minimum atomic E-state index is 0.505. The van der Waals surface area contributed by atoms with Crippen molar-refractivity contribution in [2.45, 2.75) is 10.8 Å². The molecule has 0 saturated heterocycles. The van der Waals surface area contributed by atoms with Gasteiger partial charge >= 0.3 is 0 Å². The van der Waals surface area contributed by atoms with Gasteiger partial charge in [0.05, 0.1) is 10.8 Å². The van der Waals surface area contributed by atoms with Crippen molar-refractivity contribution < 1.29 is 4.42 Å². The molecule has 7 heteroatoms. The van der Waals surface area contributed by atoms with Gasteiger partial charge in [-0.3, -0.25) is 0 Å². The average Bonchev–Trinajstić information content (AvgIpc) is 2.96. The van der Waals surface area contributed by atoms with Gasteiger partial charge in [-0.1, -0.05) is 39.3 Å². The molecule has 0 N–H and O–H groups in total. The van der Waals surface area contributed by atoms with Crippen molar-refractivity contribution in [3.05, 3.63) is 58.0 Å². The van der Waals surface area contributed by atoms with Gasteiger partial charge in [0.15, 0.2) is 0 Å². The molecule has 0 radical (unpaired) electrons. The molecule has 0 spiro atoms. The fourth-order valence-electron chi connectivity index (χ4n) is 1.63. The molecule has 0 fully saturated rings. The van der Waals surface area contributed by atoms with E-state index < -0.39 is 0 Å². The van der Waals surface area contributed by atoms with Crippen LogP contribution in [0.4, 0.5) is 0 Å². The third-order valence-corrected chi connectivity index (χ3v) is 4.55. The quantitative estimate of drug-likeness (QED) is 0.604. The molecule has 106 valence electrons. The fourth-order valence-corrected chi connectivity index (χ4v) is 2.90. The Morgan fingerprint density at radius 1 is 1.14 bits per heavy atom. The molecule has 2 aromatic heterocycles. The lowest BCUT2D eigenvalue weighted by Gasteiger charge is -1.99. The molecular weight excluding hydrogens is 374 g/mol. The van der Waals surface area contributed by atoms with Gasteiger partial charge in [0, 0.05) is 16.2 Å². The number of halogens is 2. The Bertz CT molecular complexity index is 748. The normalized spacial score (nSPS) is 10.8. The van der Waals surface area contributed by atoms with Gasteiger partial charge < -0.3 is 4.42 Å². The Balaban J connectivity index is 1.71. The third-order valence-electron chi connectivity index (χ3n) is 2.62. The van der Waals surface area contributed by atoms with Crippen molar-refractivity contribution in [1.82, 2.24) is 15.2 Å². The van der Waals surface area contributed by atoms with E-state index in [1.54, 1.807) is 18.3 Å². The molecule has 1 aromatic carbocycles. The maximum absolute atomic E-state index is 6.05. The summed E-state index contributed by atoms with van der Waals surface area (Å²) in [5.74, 6) is 1.57. The molecule has 0 aliphatic carbocycles. The second kappa shape index (κ2) is 6.60. The monoisotopic (exact) mass is 381 g/mol. The predicted octanol–water partition coefficient (Wildman–Crippen LogP) is 4.84. The van der Waals surface area contributed by atoms with Crippen LogP contribution < -0.4 is 0 Å². The molecule has 3 aromatic rings. The van der Waals surface area contributed by atoms with Crippen molar-refractivity contribution in [1.29, 1.82) is 0 Å². The van der Waals surface area contributed by atoms with Gasteiger partial charge in [0.25, 0.3) is 0 Å². The molecule has 0 saturated carbocycles. The Kier molecular flexibility index (Phi) is 4.57. The van der Waals surface area contributed by atoms with E-state index in [1.165, 1.54) is 11.8 Å². The number of aromatic nitrogens is 3. The van der Waals surface area contributed by atoms with Gasteiger partial charge in [0.2, 0.25) is 11.8 Å². The SMILES string of the molecule is Clc1cccnc1SCc1nnc(-c2ccc(Br)cc2)o1. The Morgan fingerprint density at radius 3 is 2.71 bits per heavy atom. The summed E-state index contributed by atoms with van der Waals surface area (Å²) in [6, 6.07) is 11.3. The number of thioether (sulfide) groups is 1. The molecule has 2 heterocycles. The number of rotatable bonds is 4. The van der Waals surface area contributed by atoms with Crippen LogP contribution >= 0.6 is 39.3 Å². The van der Waals surface area contributed by atoms with Gasteiger partial charge in [0.1, 0.15) is 5.03 Å². The minimum absolute atomic E-state index is 0.505. The highest BCUT2D eigenvalue weighted by atomic mass is 79.9. The smallest absolute Gasteiger partial charge is 0.247 e. The number of hydrogen-bond donors (Lipinski definition) is 0. The first kappa shape index (κ1) is 14.6. The van der Waals surface area contributed by atoms with Crippen LogP contribution in [0.2, 0.25) is 5.02 Å². The van der Waals surface area contributed by atoms with Crippen LogP contribution in [0, 0.1) is 0 Å². The molecule has 0 unspecified atom stereocenters. The second-order valence-corrected chi connectivity index (χ2v) is 6.37. The maximum Gasteiger partial charge on any atom is 0.247 e. The van der Waals surface area contributed by atoms with E-state index >= 15 is 0 Å². The lowest BCUT2D eigenvalue weighted by Crippen LogP contribution is -1.84. The highest BCUT2D eigenvalue weighted by molar-refractivity contribution is 9.10. The zero-order chi connectivity index (χ0) is 14.7. The lowest BCUT2D eigenvalue weighted by atomic mass is 10.2. The average molecular weight is 383 g/mol. The van der Waals surface area contributed by atoms with Crippen LogP contribution in [0.3, 0.4) is 0 Å². The Hall–Kier alpha value is -1.37. The summed E-state index contributed by atoms with van der Waals surface area (Å²) in [5.41, 5.74) is 0.887. The van der Waals surface area contributed by atoms with Gasteiger partial charge in [-0.25, -0.2) is 4.98 Å². The first-order valence-electron chi connectivity index (χ1n) is 6.04. The van der Waals surface area contributed by atoms with E-state index in [9.17, 15) is 0 Å². The molecule has 4 nitrogen and oxygen atoms in total. The standard InChI is InChI=1S/C14H9BrClN3OS/c15-10-5-3-9(4-6-10)13-19-18-12(20-13)8-21-14-11(16)2-1-7-17-14/h1-7H,8H2. The van der Waals surface area contributed by atoms with Crippen molar-refractivity contribution in [2.75, 3.05) is 0 Å². The topological polar surface area (TPSA) is 51.8 Å². The third kappa shape index (κ3) is 3.64. The maximum atomic E-state index is 6.05. The second-order valence-electron chi connectivity index (χ2n) is 4.09. The summed E-state index contributed by atoms with van der Waals surface area (Å²) in [6.45, 7) is 0. The van der Waals surface area contributed by atoms with Crippen LogP contribution in [-0.4, -0.2) is 15.2 Å². The Morgan fingerprint density at radius 2 is 1.95 bits per heavy atom. The number of benzene rings is 1. The highest BCUT2D eigenvalue weighted by Gasteiger charge is 2.10. The Labute approximate surface area is 139 Å². The van der Waals surface area contributed by atoms with E-state index in [0.717, 1.165) is 15.1 Å². The van der Waals surface area contributed by atoms with E-state index in [1.807, 2.05) is 24.3 Å². The van der Waals surface area contributed by atoms with Gasteiger partial charge in [-0.2, -0.15) is 0 Å². The zero-order valence-electron chi connectivity index (χ0n) is 10.7. The summed E-state index contributed by atoms with van der Waals surface area (Å²) in [4.78, 5) is 4.20. The lowest BCUT2D eigenvalue weighted by molar-refractivity contribution is 0.528. The van der Waals surface area contributed by atoms with Crippen molar-refractivity contribution in [3.8, 4) is 11.5 Å². The number of hydrogen-bond acceptors (Lipinski definition) is 5. The van der Waals surface area contributed by atoms with Gasteiger partial charge in [-0.05, 0) is 36.4 Å². The molecular formula is C14H9BrClN3OS. The molecule has 21 heavy (non-hydrogen) atoms. The molecule has 0 amide bonds. The summed E-state index contributed by atoms with van der Waals surface area (Å²) in [7, 11) is 0. The molecule has 0 atom stereocenters. The molecule has 0 aliphatic rings. The molecule has 0 bridgehead atoms. The molecule has 3 rings (SSSR count).